The first-order valence-electron chi connectivity index (χ1n) is 4.80. The fourth-order valence-corrected chi connectivity index (χ4v) is 1.54. The number of fused-ring (bicyclic) bond motifs is 1. The van der Waals surface area contributed by atoms with Crippen LogP contribution >= 0.6 is 0 Å². The number of ether oxygens (including phenoxy) is 1. The molecular formula is C12H13NO. The van der Waals surface area contributed by atoms with E-state index < -0.39 is 0 Å². The quantitative estimate of drug-likeness (QED) is 0.721. The molecule has 0 fully saturated rings. The summed E-state index contributed by atoms with van der Waals surface area (Å²) >= 11 is 0. The van der Waals surface area contributed by atoms with E-state index >= 15 is 0 Å². The molecule has 0 aliphatic carbocycles. The molecule has 0 aliphatic heterocycles. The van der Waals surface area contributed by atoms with Crippen molar-refractivity contribution in [1.82, 2.24) is 4.98 Å². The molecule has 2 heteroatoms. The van der Waals surface area contributed by atoms with Gasteiger partial charge in [0.2, 0.25) is 0 Å². The summed E-state index contributed by atoms with van der Waals surface area (Å²) in [5.41, 5.74) is 1.99. The number of pyridine rings is 1. The fourth-order valence-electron chi connectivity index (χ4n) is 1.54. The molecule has 0 atom stereocenters. The molecule has 0 aliphatic rings. The first-order valence-corrected chi connectivity index (χ1v) is 4.80. The minimum atomic E-state index is 0.688. The van der Waals surface area contributed by atoms with Crippen LogP contribution in [-0.2, 0) is 0 Å². The van der Waals surface area contributed by atoms with Gasteiger partial charge in [-0.1, -0.05) is 12.1 Å². The number of rotatable bonds is 2. The van der Waals surface area contributed by atoms with Gasteiger partial charge in [0.05, 0.1) is 12.1 Å². The maximum atomic E-state index is 5.56. The van der Waals surface area contributed by atoms with Crippen LogP contribution in [0.25, 0.3) is 10.9 Å². The number of benzene rings is 1. The molecule has 2 nitrogen and oxygen atoms in total. The van der Waals surface area contributed by atoms with Crippen molar-refractivity contribution in [2.45, 2.75) is 13.8 Å². The number of aryl methyl sites for hydroxylation is 1. The Morgan fingerprint density at radius 3 is 2.86 bits per heavy atom. The van der Waals surface area contributed by atoms with Gasteiger partial charge in [-0.2, -0.15) is 0 Å². The van der Waals surface area contributed by atoms with E-state index in [4.69, 9.17) is 4.74 Å². The number of hydrogen-bond acceptors (Lipinski definition) is 2. The van der Waals surface area contributed by atoms with Gasteiger partial charge < -0.3 is 4.74 Å². The Labute approximate surface area is 83.5 Å². The summed E-state index contributed by atoms with van der Waals surface area (Å²) in [4.78, 5) is 4.44. The summed E-state index contributed by atoms with van der Waals surface area (Å²) in [7, 11) is 0. The van der Waals surface area contributed by atoms with Crippen molar-refractivity contribution in [3.63, 3.8) is 0 Å². The van der Waals surface area contributed by atoms with Gasteiger partial charge in [-0.15, -0.1) is 0 Å². The summed E-state index contributed by atoms with van der Waals surface area (Å²) in [6, 6.07) is 10.0. The van der Waals surface area contributed by atoms with Crippen LogP contribution < -0.4 is 4.74 Å². The highest BCUT2D eigenvalue weighted by Crippen LogP contribution is 2.24. The Morgan fingerprint density at radius 2 is 2.07 bits per heavy atom. The minimum Gasteiger partial charge on any atom is -0.493 e. The average molecular weight is 187 g/mol. The van der Waals surface area contributed by atoms with E-state index in [1.165, 1.54) is 0 Å². The lowest BCUT2D eigenvalue weighted by Gasteiger charge is -2.07. The number of para-hydroxylation sites is 1. The highest BCUT2D eigenvalue weighted by molar-refractivity contribution is 5.85. The molecule has 2 aromatic rings. The SMILES string of the molecule is CCOc1cc(C)nc2ccccc12. The molecule has 1 aromatic heterocycles. The Balaban J connectivity index is 2.67. The predicted octanol–water partition coefficient (Wildman–Crippen LogP) is 2.94. The topological polar surface area (TPSA) is 22.1 Å². The summed E-state index contributed by atoms with van der Waals surface area (Å²) in [6.07, 6.45) is 0. The summed E-state index contributed by atoms with van der Waals surface area (Å²) in [6.45, 7) is 4.66. The molecule has 0 spiro atoms. The first kappa shape index (κ1) is 9.00. The van der Waals surface area contributed by atoms with Crippen LogP contribution in [0.1, 0.15) is 12.6 Å². The normalized spacial score (nSPS) is 10.4. The lowest BCUT2D eigenvalue weighted by molar-refractivity contribution is 0.344. The third-order valence-electron chi connectivity index (χ3n) is 2.11. The maximum Gasteiger partial charge on any atom is 0.130 e. The molecule has 0 saturated carbocycles. The second-order valence-corrected chi connectivity index (χ2v) is 3.21. The zero-order chi connectivity index (χ0) is 9.97. The van der Waals surface area contributed by atoms with Crippen molar-refractivity contribution in [3.8, 4) is 5.75 Å². The van der Waals surface area contributed by atoms with Gasteiger partial charge in [0.15, 0.2) is 0 Å². The summed E-state index contributed by atoms with van der Waals surface area (Å²) in [5, 5.41) is 1.08. The molecule has 0 radical (unpaired) electrons. The maximum absolute atomic E-state index is 5.56. The Bertz CT molecular complexity index is 451. The molecule has 0 N–H and O–H groups in total. The van der Waals surface area contributed by atoms with Crippen LogP contribution in [0.3, 0.4) is 0 Å². The molecule has 0 bridgehead atoms. The average Bonchev–Trinajstić information content (AvgIpc) is 2.18. The van der Waals surface area contributed by atoms with E-state index in [-0.39, 0.29) is 0 Å². The van der Waals surface area contributed by atoms with Crippen LogP contribution in [0.5, 0.6) is 5.75 Å². The second-order valence-electron chi connectivity index (χ2n) is 3.21. The summed E-state index contributed by atoms with van der Waals surface area (Å²) < 4.78 is 5.56. The van der Waals surface area contributed by atoms with Gasteiger partial charge in [-0.05, 0) is 26.0 Å². The monoisotopic (exact) mass is 187 g/mol. The van der Waals surface area contributed by atoms with Crippen LogP contribution in [0.15, 0.2) is 30.3 Å². The van der Waals surface area contributed by atoms with Gasteiger partial charge >= 0.3 is 0 Å². The number of aromatic nitrogens is 1. The Kier molecular flexibility index (Phi) is 2.35. The molecule has 14 heavy (non-hydrogen) atoms. The van der Waals surface area contributed by atoms with E-state index in [9.17, 15) is 0 Å². The van der Waals surface area contributed by atoms with Crippen molar-refractivity contribution >= 4 is 10.9 Å². The van der Waals surface area contributed by atoms with Crippen LogP contribution in [-0.4, -0.2) is 11.6 Å². The lowest BCUT2D eigenvalue weighted by Crippen LogP contribution is -1.94. The Morgan fingerprint density at radius 1 is 1.29 bits per heavy atom. The first-order chi connectivity index (χ1) is 6.81. The van der Waals surface area contributed by atoms with E-state index in [0.717, 1.165) is 22.3 Å². The Hall–Kier alpha value is -1.57. The molecule has 0 amide bonds. The van der Waals surface area contributed by atoms with Gasteiger partial charge in [0, 0.05) is 17.1 Å². The second kappa shape index (κ2) is 3.66. The van der Waals surface area contributed by atoms with Crippen molar-refractivity contribution < 1.29 is 4.74 Å². The van der Waals surface area contributed by atoms with Gasteiger partial charge in [-0.25, -0.2) is 0 Å². The largest absolute Gasteiger partial charge is 0.493 e. The van der Waals surface area contributed by atoms with E-state index in [1.54, 1.807) is 0 Å². The molecule has 0 saturated heterocycles. The van der Waals surface area contributed by atoms with Crippen LogP contribution in [0.4, 0.5) is 0 Å². The molecule has 0 unspecified atom stereocenters. The molecule has 1 aromatic carbocycles. The van der Waals surface area contributed by atoms with Gasteiger partial charge in [0.25, 0.3) is 0 Å². The predicted molar refractivity (Wildman–Crippen MR) is 57.6 cm³/mol. The standard InChI is InChI=1S/C12H13NO/c1-3-14-12-8-9(2)13-11-7-5-4-6-10(11)12/h4-8H,3H2,1-2H3. The third-order valence-corrected chi connectivity index (χ3v) is 2.11. The number of nitrogens with zero attached hydrogens (tertiary/aromatic N) is 1. The molecule has 72 valence electrons. The third kappa shape index (κ3) is 1.55. The van der Waals surface area contributed by atoms with Crippen LogP contribution in [0, 0.1) is 6.92 Å². The van der Waals surface area contributed by atoms with Crippen molar-refractivity contribution in [1.29, 1.82) is 0 Å². The molecule has 2 rings (SSSR count). The zero-order valence-electron chi connectivity index (χ0n) is 8.45. The van der Waals surface area contributed by atoms with Gasteiger partial charge in [-0.3, -0.25) is 4.98 Å². The van der Waals surface area contributed by atoms with E-state index in [1.807, 2.05) is 44.2 Å². The summed E-state index contributed by atoms with van der Waals surface area (Å²) in [5.74, 6) is 0.926. The lowest BCUT2D eigenvalue weighted by atomic mass is 10.2. The van der Waals surface area contributed by atoms with E-state index in [2.05, 4.69) is 4.98 Å². The molecular weight excluding hydrogens is 174 g/mol. The highest BCUT2D eigenvalue weighted by atomic mass is 16.5. The van der Waals surface area contributed by atoms with Gasteiger partial charge in [0.1, 0.15) is 5.75 Å². The molecule has 1 heterocycles. The van der Waals surface area contributed by atoms with Crippen molar-refractivity contribution in [2.75, 3.05) is 6.61 Å². The zero-order valence-corrected chi connectivity index (χ0v) is 8.45. The number of hydrogen-bond donors (Lipinski definition) is 0. The fraction of sp³-hybridized carbons (Fsp3) is 0.250. The van der Waals surface area contributed by atoms with Crippen molar-refractivity contribution in [2.24, 2.45) is 0 Å². The smallest absolute Gasteiger partial charge is 0.130 e. The minimum absolute atomic E-state index is 0.688. The highest BCUT2D eigenvalue weighted by Gasteiger charge is 2.02. The van der Waals surface area contributed by atoms with Crippen LogP contribution in [0.2, 0.25) is 0 Å². The van der Waals surface area contributed by atoms with Crippen molar-refractivity contribution in [3.05, 3.63) is 36.0 Å². The van der Waals surface area contributed by atoms with E-state index in [0.29, 0.717) is 6.61 Å².